The molecule has 2 unspecified atom stereocenters. The van der Waals surface area contributed by atoms with Crippen molar-refractivity contribution in [3.8, 4) is 5.75 Å². The van der Waals surface area contributed by atoms with Gasteiger partial charge in [-0.15, -0.1) is 0 Å². The van der Waals surface area contributed by atoms with E-state index in [4.69, 9.17) is 9.90 Å². The summed E-state index contributed by atoms with van der Waals surface area (Å²) < 4.78 is 0. The molecule has 140 valence electrons. The monoisotopic (exact) mass is 346 g/mol. The quantitative estimate of drug-likeness (QED) is 0.692. The van der Waals surface area contributed by atoms with Gasteiger partial charge in [0.15, 0.2) is 0 Å². The van der Waals surface area contributed by atoms with Gasteiger partial charge in [0, 0.05) is 6.92 Å². The van der Waals surface area contributed by atoms with Crippen LogP contribution < -0.4 is 0 Å². The zero-order chi connectivity index (χ0) is 19.0. The Labute approximate surface area is 152 Å². The van der Waals surface area contributed by atoms with Crippen LogP contribution in [0.15, 0.2) is 12.1 Å². The van der Waals surface area contributed by atoms with Gasteiger partial charge in [-0.2, -0.15) is 0 Å². The number of hydrogen-bond donors (Lipinski definition) is 2. The minimum atomic E-state index is -0.833. The molecule has 0 amide bonds. The van der Waals surface area contributed by atoms with Gasteiger partial charge in [-0.05, 0) is 71.1 Å². The van der Waals surface area contributed by atoms with Gasteiger partial charge in [0.25, 0.3) is 5.97 Å². The largest absolute Gasteiger partial charge is 0.508 e. The third-order valence-electron chi connectivity index (χ3n) is 6.44. The lowest BCUT2D eigenvalue weighted by Crippen LogP contribution is -2.48. The van der Waals surface area contributed by atoms with Crippen LogP contribution in [0.5, 0.6) is 5.75 Å². The summed E-state index contributed by atoms with van der Waals surface area (Å²) in [7, 11) is 0. The van der Waals surface area contributed by atoms with Gasteiger partial charge in [-0.3, -0.25) is 4.79 Å². The first-order valence-electron chi connectivity index (χ1n) is 9.55. The molecule has 0 heterocycles. The van der Waals surface area contributed by atoms with E-state index in [1.165, 1.54) is 42.4 Å². The number of carboxylic acid groups (broad SMARTS) is 1. The summed E-state index contributed by atoms with van der Waals surface area (Å²) in [5, 5.41) is 17.7. The normalized spacial score (nSPS) is 26.9. The Morgan fingerprint density at radius 3 is 2.36 bits per heavy atom. The van der Waals surface area contributed by atoms with Gasteiger partial charge in [-0.25, -0.2) is 0 Å². The van der Waals surface area contributed by atoms with Crippen molar-refractivity contribution in [1.82, 2.24) is 0 Å². The molecule has 3 rings (SSSR count). The predicted octanol–water partition coefficient (Wildman–Crippen LogP) is 5.64. The second kappa shape index (κ2) is 7.01. The Kier molecular flexibility index (Phi) is 5.56. The van der Waals surface area contributed by atoms with E-state index < -0.39 is 5.97 Å². The van der Waals surface area contributed by atoms with Crippen LogP contribution in [0.1, 0.15) is 89.8 Å². The van der Waals surface area contributed by atoms with Crippen molar-refractivity contribution in [2.75, 3.05) is 0 Å². The van der Waals surface area contributed by atoms with Crippen LogP contribution in [0.2, 0.25) is 0 Å². The van der Waals surface area contributed by atoms with Crippen molar-refractivity contribution in [1.29, 1.82) is 0 Å². The highest BCUT2D eigenvalue weighted by atomic mass is 16.4. The number of hydrogen-bond acceptors (Lipinski definition) is 2. The average Bonchev–Trinajstić information content (AvgIpc) is 2.44. The van der Waals surface area contributed by atoms with Crippen LogP contribution in [-0.2, 0) is 16.6 Å². The minimum Gasteiger partial charge on any atom is -0.508 e. The number of carbonyl (C=O) groups is 1. The summed E-state index contributed by atoms with van der Waals surface area (Å²) in [5.41, 5.74) is 4.94. The van der Waals surface area contributed by atoms with E-state index in [2.05, 4.69) is 40.7 Å². The second-order valence-electron chi connectivity index (χ2n) is 9.05. The fourth-order valence-electron chi connectivity index (χ4n) is 5.54. The summed E-state index contributed by atoms with van der Waals surface area (Å²) >= 11 is 0. The molecular weight excluding hydrogens is 312 g/mol. The fraction of sp³-hybridized carbons (Fsp3) is 0.682. The fourth-order valence-corrected chi connectivity index (χ4v) is 5.54. The highest BCUT2D eigenvalue weighted by Crippen LogP contribution is 2.58. The van der Waals surface area contributed by atoms with E-state index >= 15 is 0 Å². The smallest absolute Gasteiger partial charge is 0.300 e. The highest BCUT2D eigenvalue weighted by Gasteiger charge is 2.50. The molecule has 3 heteroatoms. The molecule has 1 aromatic rings. The zero-order valence-electron chi connectivity index (χ0n) is 16.6. The first kappa shape index (κ1) is 19.8. The number of phenols is 1. The molecule has 0 aromatic heterocycles. The predicted molar refractivity (Wildman–Crippen MR) is 102 cm³/mol. The van der Waals surface area contributed by atoms with Crippen molar-refractivity contribution < 1.29 is 15.0 Å². The molecule has 1 saturated carbocycles. The molecule has 0 saturated heterocycles. The van der Waals surface area contributed by atoms with E-state index in [9.17, 15) is 5.11 Å². The topological polar surface area (TPSA) is 57.5 Å². The van der Waals surface area contributed by atoms with Crippen LogP contribution >= 0.6 is 0 Å². The third-order valence-corrected chi connectivity index (χ3v) is 6.44. The Bertz CT molecular complexity index is 641. The zero-order valence-corrected chi connectivity index (χ0v) is 16.6. The Morgan fingerprint density at radius 1 is 1.20 bits per heavy atom. The highest BCUT2D eigenvalue weighted by molar-refractivity contribution is 5.63. The Balaban J connectivity index is 0.000000511. The first-order chi connectivity index (χ1) is 11.5. The van der Waals surface area contributed by atoms with E-state index in [-0.39, 0.29) is 0 Å². The van der Waals surface area contributed by atoms with E-state index in [0.717, 1.165) is 19.3 Å². The van der Waals surface area contributed by atoms with Gasteiger partial charge < -0.3 is 10.2 Å². The molecule has 3 nitrogen and oxygen atoms in total. The summed E-state index contributed by atoms with van der Waals surface area (Å²) in [5.74, 6) is 0.841. The molecule has 1 aromatic carbocycles. The maximum absolute atomic E-state index is 10.3. The number of fused-ring (bicyclic) bond motifs is 3. The van der Waals surface area contributed by atoms with Crippen molar-refractivity contribution in [2.24, 2.45) is 11.3 Å². The average molecular weight is 347 g/mol. The van der Waals surface area contributed by atoms with Gasteiger partial charge in [0.2, 0.25) is 0 Å². The maximum atomic E-state index is 10.3. The van der Waals surface area contributed by atoms with E-state index in [1.54, 1.807) is 0 Å². The molecule has 0 aliphatic heterocycles. The van der Waals surface area contributed by atoms with Crippen molar-refractivity contribution in [3.63, 3.8) is 0 Å². The third kappa shape index (κ3) is 3.70. The van der Waals surface area contributed by atoms with Gasteiger partial charge in [0.1, 0.15) is 5.75 Å². The van der Waals surface area contributed by atoms with Crippen LogP contribution in [0.4, 0.5) is 0 Å². The standard InChI is InChI=1S/C20H30O.C2H4O2/c1-13(2)18-14-7-10-17-19(3,4)11-6-12-20(17,5)15(14)8-9-16(18)21;1-2(3)4/h8-9,13,17,21H,6-7,10-12H2,1-5H3;1H3,(H,3,4). The summed E-state index contributed by atoms with van der Waals surface area (Å²) in [4.78, 5) is 9.00. The molecular formula is C22H34O3. The number of aliphatic carboxylic acids is 1. The van der Waals surface area contributed by atoms with E-state index in [0.29, 0.717) is 22.5 Å². The summed E-state index contributed by atoms with van der Waals surface area (Å²) in [6.45, 7) is 12.9. The van der Waals surface area contributed by atoms with Gasteiger partial charge in [0.05, 0.1) is 0 Å². The second-order valence-corrected chi connectivity index (χ2v) is 9.05. The number of carboxylic acids is 1. The molecule has 1 fully saturated rings. The van der Waals surface area contributed by atoms with Crippen molar-refractivity contribution in [3.05, 3.63) is 28.8 Å². The van der Waals surface area contributed by atoms with Crippen LogP contribution in [0.3, 0.4) is 0 Å². The lowest BCUT2D eigenvalue weighted by Gasteiger charge is -2.54. The van der Waals surface area contributed by atoms with Gasteiger partial charge >= 0.3 is 0 Å². The van der Waals surface area contributed by atoms with Crippen LogP contribution in [0, 0.1) is 11.3 Å². The summed E-state index contributed by atoms with van der Waals surface area (Å²) in [6.07, 6.45) is 6.41. The lowest BCUT2D eigenvalue weighted by atomic mass is 9.50. The molecule has 2 N–H and O–H groups in total. The van der Waals surface area contributed by atoms with Crippen LogP contribution in [0.25, 0.3) is 0 Å². The SMILES string of the molecule is CC(=O)O.CC(C)c1c(O)ccc2c1CCC1C(C)(C)CCCC21C. The van der Waals surface area contributed by atoms with E-state index in [1.807, 2.05) is 6.07 Å². The lowest BCUT2D eigenvalue weighted by molar-refractivity contribution is -0.134. The molecule has 2 atom stereocenters. The molecule has 2 aliphatic rings. The number of benzene rings is 1. The van der Waals surface area contributed by atoms with Gasteiger partial charge in [-0.1, -0.05) is 47.1 Å². The number of aromatic hydroxyl groups is 1. The molecule has 25 heavy (non-hydrogen) atoms. The van der Waals surface area contributed by atoms with Crippen molar-refractivity contribution in [2.45, 2.75) is 85.0 Å². The number of phenolic OH excluding ortho intramolecular Hbond substituents is 1. The summed E-state index contributed by atoms with van der Waals surface area (Å²) in [6, 6.07) is 4.17. The van der Waals surface area contributed by atoms with Crippen molar-refractivity contribution >= 4 is 5.97 Å². The molecule has 2 aliphatic carbocycles. The minimum absolute atomic E-state index is 0.298. The Hall–Kier alpha value is -1.51. The molecule has 0 radical (unpaired) electrons. The Morgan fingerprint density at radius 2 is 1.80 bits per heavy atom. The maximum Gasteiger partial charge on any atom is 0.300 e. The van der Waals surface area contributed by atoms with Crippen LogP contribution in [-0.4, -0.2) is 16.2 Å². The number of rotatable bonds is 1. The molecule has 0 spiro atoms. The molecule has 0 bridgehead atoms. The first-order valence-corrected chi connectivity index (χ1v) is 9.55.